The molecule has 8 heteroatoms. The molecule has 2 aliphatic rings. The highest BCUT2D eigenvalue weighted by Gasteiger charge is 2.43. The highest BCUT2D eigenvalue weighted by molar-refractivity contribution is 8.15. The van der Waals surface area contributed by atoms with Crippen LogP contribution in [0.5, 0.6) is 0 Å². The van der Waals surface area contributed by atoms with Crippen molar-refractivity contribution in [3.63, 3.8) is 0 Å². The van der Waals surface area contributed by atoms with E-state index in [-0.39, 0.29) is 24.2 Å². The van der Waals surface area contributed by atoms with E-state index in [0.717, 1.165) is 5.56 Å². The smallest absolute Gasteiger partial charge is 0.249 e. The fourth-order valence-corrected chi connectivity index (χ4v) is 4.03. The van der Waals surface area contributed by atoms with Gasteiger partial charge in [0.25, 0.3) is 0 Å². The summed E-state index contributed by atoms with van der Waals surface area (Å²) in [6, 6.07) is 18.7. The first kappa shape index (κ1) is 17.3. The molecule has 2 aliphatic heterocycles. The van der Waals surface area contributed by atoms with E-state index >= 15 is 0 Å². The Balaban J connectivity index is 1.48. The zero-order valence-electron chi connectivity index (χ0n) is 14.3. The maximum Gasteiger partial charge on any atom is 0.249 e. The van der Waals surface area contributed by atoms with Crippen molar-refractivity contribution < 1.29 is 9.59 Å². The number of hydrogen-bond donors (Lipinski definition) is 2. The molecule has 0 radical (unpaired) electrons. The SMILES string of the molecule is NC1=NC(c2ccccc2)N=C2SC(CC(=O)Nc3ccccc3)C(=O)N12. The zero-order chi connectivity index (χ0) is 18.8. The van der Waals surface area contributed by atoms with Gasteiger partial charge >= 0.3 is 0 Å². The quantitative estimate of drug-likeness (QED) is 0.851. The minimum Gasteiger partial charge on any atom is -0.369 e. The third-order valence-electron chi connectivity index (χ3n) is 4.18. The molecule has 2 unspecified atom stereocenters. The van der Waals surface area contributed by atoms with Gasteiger partial charge in [-0.3, -0.25) is 9.59 Å². The van der Waals surface area contributed by atoms with Crippen LogP contribution in [-0.2, 0) is 9.59 Å². The van der Waals surface area contributed by atoms with Crippen molar-refractivity contribution in [1.29, 1.82) is 0 Å². The molecule has 3 N–H and O–H groups in total. The number of amidine groups is 1. The summed E-state index contributed by atoms with van der Waals surface area (Å²) in [4.78, 5) is 35.1. The Labute approximate surface area is 160 Å². The molecule has 2 aromatic rings. The first-order valence-corrected chi connectivity index (χ1v) is 9.31. The van der Waals surface area contributed by atoms with Crippen molar-refractivity contribution in [1.82, 2.24) is 4.90 Å². The van der Waals surface area contributed by atoms with Crippen LogP contribution in [0.25, 0.3) is 0 Å². The summed E-state index contributed by atoms with van der Waals surface area (Å²) in [5.74, 6) is -0.394. The Morgan fingerprint density at radius 2 is 1.74 bits per heavy atom. The van der Waals surface area contributed by atoms with E-state index in [2.05, 4.69) is 15.3 Å². The first-order valence-electron chi connectivity index (χ1n) is 8.43. The third-order valence-corrected chi connectivity index (χ3v) is 5.33. The predicted molar refractivity (Wildman–Crippen MR) is 106 cm³/mol. The number of carbonyl (C=O) groups excluding carboxylic acids is 2. The molecule has 27 heavy (non-hydrogen) atoms. The summed E-state index contributed by atoms with van der Waals surface area (Å²) in [5.41, 5.74) is 7.60. The fourth-order valence-electron chi connectivity index (χ4n) is 2.89. The molecule has 0 spiro atoms. The number of para-hydroxylation sites is 1. The van der Waals surface area contributed by atoms with E-state index < -0.39 is 11.4 Å². The lowest BCUT2D eigenvalue weighted by Crippen LogP contribution is -2.45. The molecule has 0 aliphatic carbocycles. The minimum atomic E-state index is -0.573. The van der Waals surface area contributed by atoms with Crippen molar-refractivity contribution in [3.8, 4) is 0 Å². The van der Waals surface area contributed by atoms with Crippen LogP contribution in [0.4, 0.5) is 5.69 Å². The summed E-state index contributed by atoms with van der Waals surface area (Å²) in [6.07, 6.45) is -0.438. The Kier molecular flexibility index (Phi) is 4.64. The maximum absolute atomic E-state index is 12.7. The summed E-state index contributed by atoms with van der Waals surface area (Å²) in [7, 11) is 0. The Morgan fingerprint density at radius 1 is 1.07 bits per heavy atom. The number of benzene rings is 2. The summed E-state index contributed by atoms with van der Waals surface area (Å²) in [5, 5.41) is 2.70. The average molecular weight is 379 g/mol. The van der Waals surface area contributed by atoms with Gasteiger partial charge in [-0.05, 0) is 17.7 Å². The van der Waals surface area contributed by atoms with E-state index in [1.54, 1.807) is 12.1 Å². The van der Waals surface area contributed by atoms with E-state index in [9.17, 15) is 9.59 Å². The second-order valence-corrected chi connectivity index (χ2v) is 7.25. The molecule has 2 aromatic carbocycles. The maximum atomic E-state index is 12.7. The first-order chi connectivity index (χ1) is 13.1. The van der Waals surface area contributed by atoms with Crippen LogP contribution in [0.15, 0.2) is 70.6 Å². The topological polar surface area (TPSA) is 100 Å². The van der Waals surface area contributed by atoms with Crippen LogP contribution in [0.3, 0.4) is 0 Å². The van der Waals surface area contributed by atoms with Gasteiger partial charge in [-0.25, -0.2) is 14.9 Å². The molecule has 0 saturated carbocycles. The van der Waals surface area contributed by atoms with Gasteiger partial charge in [-0.15, -0.1) is 0 Å². The number of amides is 2. The van der Waals surface area contributed by atoms with Crippen LogP contribution in [0.1, 0.15) is 18.2 Å². The fraction of sp³-hybridized carbons (Fsp3) is 0.158. The number of nitrogens with two attached hydrogens (primary N) is 1. The highest BCUT2D eigenvalue weighted by Crippen LogP contribution is 2.35. The number of nitrogens with zero attached hydrogens (tertiary/aromatic N) is 3. The number of aliphatic imine (C=N–C) groups is 2. The van der Waals surface area contributed by atoms with Gasteiger partial charge < -0.3 is 11.1 Å². The lowest BCUT2D eigenvalue weighted by atomic mass is 10.2. The third kappa shape index (κ3) is 3.56. The zero-order valence-corrected chi connectivity index (χ0v) is 15.1. The molecule has 1 fully saturated rings. The normalized spacial score (nSPS) is 21.3. The van der Waals surface area contributed by atoms with Crippen LogP contribution >= 0.6 is 11.8 Å². The van der Waals surface area contributed by atoms with Gasteiger partial charge in [0.15, 0.2) is 11.3 Å². The Hall–Kier alpha value is -3.13. The highest BCUT2D eigenvalue weighted by atomic mass is 32.2. The molecule has 2 atom stereocenters. The number of rotatable bonds is 4. The van der Waals surface area contributed by atoms with Gasteiger partial charge in [0, 0.05) is 12.1 Å². The summed E-state index contributed by atoms with van der Waals surface area (Å²) < 4.78 is 0. The van der Waals surface area contributed by atoms with Gasteiger partial charge in [0.05, 0.1) is 0 Å². The van der Waals surface area contributed by atoms with E-state index in [1.807, 2.05) is 48.5 Å². The molecule has 136 valence electrons. The monoisotopic (exact) mass is 379 g/mol. The molecular weight excluding hydrogens is 362 g/mol. The predicted octanol–water partition coefficient (Wildman–Crippen LogP) is 2.34. The lowest BCUT2D eigenvalue weighted by molar-refractivity contribution is -0.126. The van der Waals surface area contributed by atoms with Crippen molar-refractivity contribution in [2.75, 3.05) is 5.32 Å². The van der Waals surface area contributed by atoms with E-state index in [0.29, 0.717) is 10.9 Å². The summed E-state index contributed by atoms with van der Waals surface area (Å²) in [6.45, 7) is 0. The number of hydrogen-bond acceptors (Lipinski definition) is 6. The number of carbonyl (C=O) groups is 2. The van der Waals surface area contributed by atoms with Gasteiger partial charge in [-0.2, -0.15) is 0 Å². The van der Waals surface area contributed by atoms with Crippen LogP contribution in [0, 0.1) is 0 Å². The van der Waals surface area contributed by atoms with Gasteiger partial charge in [0.2, 0.25) is 17.8 Å². The molecule has 1 saturated heterocycles. The second-order valence-electron chi connectivity index (χ2n) is 6.08. The Bertz CT molecular complexity index is 930. The molecule has 0 bridgehead atoms. The number of guanidine groups is 1. The van der Waals surface area contributed by atoms with Gasteiger partial charge in [0.1, 0.15) is 5.25 Å². The van der Waals surface area contributed by atoms with Crippen LogP contribution < -0.4 is 11.1 Å². The standard InChI is InChI=1S/C19H17N5O2S/c20-18-22-16(12-7-3-1-4-8-12)23-19-24(18)17(26)14(27-19)11-15(25)21-13-9-5-2-6-10-13/h1-10,14,16H,11H2,(H2,20,22)(H,21,25). The Morgan fingerprint density at radius 3 is 2.44 bits per heavy atom. The molecule has 0 aromatic heterocycles. The average Bonchev–Trinajstić information content (AvgIpc) is 2.99. The molecule has 7 nitrogen and oxygen atoms in total. The molecule has 2 heterocycles. The van der Waals surface area contributed by atoms with Gasteiger partial charge in [-0.1, -0.05) is 60.3 Å². The molecule has 4 rings (SSSR count). The minimum absolute atomic E-state index is 0.0389. The number of anilines is 1. The van der Waals surface area contributed by atoms with Crippen molar-refractivity contribution in [2.24, 2.45) is 15.7 Å². The van der Waals surface area contributed by atoms with E-state index in [1.165, 1.54) is 16.7 Å². The number of fused-ring (bicyclic) bond motifs is 1. The van der Waals surface area contributed by atoms with Crippen LogP contribution in [-0.4, -0.2) is 33.1 Å². The summed E-state index contributed by atoms with van der Waals surface area (Å²) >= 11 is 1.25. The van der Waals surface area contributed by atoms with Crippen LogP contribution in [0.2, 0.25) is 0 Å². The molecule has 2 amide bonds. The van der Waals surface area contributed by atoms with Crippen molar-refractivity contribution in [2.45, 2.75) is 17.8 Å². The number of thioether (sulfide) groups is 1. The van der Waals surface area contributed by atoms with E-state index in [4.69, 9.17) is 5.73 Å². The lowest BCUT2D eigenvalue weighted by Gasteiger charge is -2.22. The van der Waals surface area contributed by atoms with Crippen molar-refractivity contribution >= 4 is 40.4 Å². The largest absolute Gasteiger partial charge is 0.369 e. The molecular formula is C19H17N5O2S. The van der Waals surface area contributed by atoms with Crippen molar-refractivity contribution in [3.05, 3.63) is 66.2 Å². The second kappa shape index (κ2) is 7.24. The number of nitrogens with one attached hydrogen (secondary N) is 1.